The molecule has 0 aromatic heterocycles. The van der Waals surface area contributed by atoms with Crippen molar-refractivity contribution in [2.24, 2.45) is 0 Å². The van der Waals surface area contributed by atoms with Gasteiger partial charge in [-0.3, -0.25) is 0 Å². The van der Waals surface area contributed by atoms with Crippen molar-refractivity contribution in [2.75, 3.05) is 0 Å². The summed E-state index contributed by atoms with van der Waals surface area (Å²) in [5, 5.41) is 1.19. The molecule has 0 N–H and O–H groups in total. The molecular weight excluding hydrogens is 259 g/mol. The van der Waals surface area contributed by atoms with Crippen LogP contribution >= 0.6 is 0 Å². The van der Waals surface area contributed by atoms with E-state index in [9.17, 15) is 0 Å². The van der Waals surface area contributed by atoms with Crippen LogP contribution in [0.15, 0.2) is 54.6 Å². The average Bonchev–Trinajstić information content (AvgIpc) is 2.38. The van der Waals surface area contributed by atoms with Crippen LogP contribution in [0.2, 0.25) is 0 Å². The zero-order valence-electron chi connectivity index (χ0n) is 9.52. The summed E-state index contributed by atoms with van der Waals surface area (Å²) in [7, 11) is 0. The third-order valence-electron chi connectivity index (χ3n) is 2.58. The molecule has 0 aliphatic carbocycles. The maximum atomic E-state index is 2.28. The normalized spacial score (nSPS) is 10.3. The second-order valence-electron chi connectivity index (χ2n) is 3.77. The summed E-state index contributed by atoms with van der Waals surface area (Å²) in [6.45, 7) is 2.20. The van der Waals surface area contributed by atoms with Gasteiger partial charge >= 0.3 is 104 Å². The second-order valence-corrected chi connectivity index (χ2v) is 5.97. The van der Waals surface area contributed by atoms with Gasteiger partial charge in [-0.05, 0) is 0 Å². The average molecular weight is 275 g/mol. The second kappa shape index (κ2) is 5.88. The summed E-state index contributed by atoms with van der Waals surface area (Å²) in [6.07, 6.45) is 1.13. The van der Waals surface area contributed by atoms with Crippen molar-refractivity contribution in [2.45, 2.75) is 18.7 Å². The van der Waals surface area contributed by atoms with Crippen LogP contribution in [-0.2, 0) is 11.7 Å². The Balaban J connectivity index is 1.94. The Hall–Kier alpha value is -1.04. The molecule has 2 aromatic carbocycles. The Labute approximate surface area is 104 Å². The summed E-state index contributed by atoms with van der Waals surface area (Å²) in [5.41, 5.74) is 2.88. The van der Waals surface area contributed by atoms with Crippen LogP contribution in [0, 0.1) is 0 Å². The van der Waals surface area contributed by atoms with Gasteiger partial charge in [-0.15, -0.1) is 0 Å². The first kappa shape index (κ1) is 11.4. The minimum absolute atomic E-state index is 0.563. The van der Waals surface area contributed by atoms with Crippen molar-refractivity contribution in [1.29, 1.82) is 0 Å². The molecule has 2 aromatic rings. The molecule has 0 spiro atoms. The van der Waals surface area contributed by atoms with Crippen molar-refractivity contribution < 1.29 is 0 Å². The molecule has 0 saturated heterocycles. The van der Waals surface area contributed by atoms with Gasteiger partial charge in [0.1, 0.15) is 0 Å². The van der Waals surface area contributed by atoms with Crippen molar-refractivity contribution in [3.8, 4) is 0 Å². The Morgan fingerprint density at radius 3 is 2.12 bits per heavy atom. The third-order valence-corrected chi connectivity index (χ3v) is 4.85. The van der Waals surface area contributed by atoms with E-state index in [4.69, 9.17) is 0 Å². The molecule has 82 valence electrons. The Bertz CT molecular complexity index is 417. The third kappa shape index (κ3) is 3.23. The first-order valence-corrected chi connectivity index (χ1v) is 7.71. The molecule has 0 radical (unpaired) electrons. The van der Waals surface area contributed by atoms with Gasteiger partial charge < -0.3 is 0 Å². The van der Waals surface area contributed by atoms with Crippen LogP contribution in [-0.4, -0.2) is 15.0 Å². The van der Waals surface area contributed by atoms with E-state index in [0.29, 0.717) is 15.0 Å². The molecule has 0 heterocycles. The van der Waals surface area contributed by atoms with E-state index in [0.717, 1.165) is 6.42 Å². The SMILES string of the molecule is CCc1ccc([Se]Cc2ccccc2)cc1. The van der Waals surface area contributed by atoms with E-state index < -0.39 is 0 Å². The fourth-order valence-electron chi connectivity index (χ4n) is 1.56. The van der Waals surface area contributed by atoms with Gasteiger partial charge in [0, 0.05) is 0 Å². The number of hydrogen-bond acceptors (Lipinski definition) is 0. The quantitative estimate of drug-likeness (QED) is 0.753. The van der Waals surface area contributed by atoms with E-state index in [1.54, 1.807) is 0 Å². The monoisotopic (exact) mass is 276 g/mol. The van der Waals surface area contributed by atoms with Gasteiger partial charge in [0.25, 0.3) is 0 Å². The summed E-state index contributed by atoms with van der Waals surface area (Å²) in [4.78, 5) is 0. The van der Waals surface area contributed by atoms with E-state index in [1.165, 1.54) is 20.9 Å². The summed E-state index contributed by atoms with van der Waals surface area (Å²) < 4.78 is 1.49. The molecule has 2 rings (SSSR count). The summed E-state index contributed by atoms with van der Waals surface area (Å²) in [6, 6.07) is 19.8. The van der Waals surface area contributed by atoms with Crippen molar-refractivity contribution >= 4 is 19.4 Å². The van der Waals surface area contributed by atoms with Gasteiger partial charge in [0.2, 0.25) is 0 Å². The van der Waals surface area contributed by atoms with Gasteiger partial charge in [0.05, 0.1) is 0 Å². The van der Waals surface area contributed by atoms with E-state index in [1.807, 2.05) is 0 Å². The molecule has 0 nitrogen and oxygen atoms in total. The zero-order valence-corrected chi connectivity index (χ0v) is 11.2. The van der Waals surface area contributed by atoms with Gasteiger partial charge in [-0.2, -0.15) is 0 Å². The van der Waals surface area contributed by atoms with Crippen molar-refractivity contribution in [3.63, 3.8) is 0 Å². The number of hydrogen-bond donors (Lipinski definition) is 0. The van der Waals surface area contributed by atoms with E-state index in [2.05, 4.69) is 61.5 Å². The van der Waals surface area contributed by atoms with Crippen LogP contribution < -0.4 is 4.46 Å². The van der Waals surface area contributed by atoms with Crippen LogP contribution in [0.25, 0.3) is 0 Å². The molecule has 0 aliphatic heterocycles. The van der Waals surface area contributed by atoms with E-state index >= 15 is 0 Å². The number of aryl methyl sites for hydroxylation is 1. The van der Waals surface area contributed by atoms with Gasteiger partial charge in [-0.25, -0.2) is 0 Å². The molecule has 0 atom stereocenters. The van der Waals surface area contributed by atoms with Crippen LogP contribution in [0.3, 0.4) is 0 Å². The van der Waals surface area contributed by atoms with Crippen molar-refractivity contribution in [3.05, 3.63) is 65.7 Å². The molecule has 0 fully saturated rings. The maximum absolute atomic E-state index is 2.28. The molecule has 0 unspecified atom stereocenters. The first-order valence-electron chi connectivity index (χ1n) is 5.64. The Kier molecular flexibility index (Phi) is 4.21. The fourth-order valence-corrected chi connectivity index (χ4v) is 3.35. The van der Waals surface area contributed by atoms with E-state index in [-0.39, 0.29) is 0 Å². The predicted molar refractivity (Wildman–Crippen MR) is 71.4 cm³/mol. The summed E-state index contributed by atoms with van der Waals surface area (Å²) in [5.74, 6) is 0. The number of rotatable bonds is 4. The Morgan fingerprint density at radius 2 is 1.50 bits per heavy atom. The predicted octanol–water partition coefficient (Wildman–Crippen LogP) is 2.78. The molecule has 0 bridgehead atoms. The molecule has 0 saturated carbocycles. The standard InChI is InChI=1S/C15H16Se/c1-2-13-8-10-15(11-9-13)16-12-14-6-4-3-5-7-14/h3-11H,2,12H2,1H3. The molecule has 1 heteroatoms. The number of benzene rings is 2. The van der Waals surface area contributed by atoms with Crippen LogP contribution in [0.5, 0.6) is 0 Å². The van der Waals surface area contributed by atoms with Gasteiger partial charge in [-0.1, -0.05) is 0 Å². The molecular formula is C15H16Se. The van der Waals surface area contributed by atoms with Gasteiger partial charge in [0.15, 0.2) is 0 Å². The Morgan fingerprint density at radius 1 is 0.812 bits per heavy atom. The zero-order chi connectivity index (χ0) is 11.2. The first-order chi connectivity index (χ1) is 7.88. The minimum atomic E-state index is 0.563. The topological polar surface area (TPSA) is 0 Å². The molecule has 16 heavy (non-hydrogen) atoms. The fraction of sp³-hybridized carbons (Fsp3) is 0.200. The van der Waals surface area contributed by atoms with Crippen LogP contribution in [0.1, 0.15) is 18.1 Å². The van der Waals surface area contributed by atoms with Crippen molar-refractivity contribution in [1.82, 2.24) is 0 Å². The van der Waals surface area contributed by atoms with Crippen LogP contribution in [0.4, 0.5) is 0 Å². The molecule has 0 amide bonds. The molecule has 0 aliphatic rings. The summed E-state index contributed by atoms with van der Waals surface area (Å²) >= 11 is 0.563.